The molecule has 2 aliphatic rings. The van der Waals surface area contributed by atoms with E-state index < -0.39 is 17.9 Å². The predicted octanol–water partition coefficient (Wildman–Crippen LogP) is 2.05. The van der Waals surface area contributed by atoms with Crippen LogP contribution in [0.15, 0.2) is 36.4 Å². The van der Waals surface area contributed by atoms with Crippen molar-refractivity contribution in [2.45, 2.75) is 39.2 Å². The largest absolute Gasteiger partial charge is 0.368 e. The summed E-state index contributed by atoms with van der Waals surface area (Å²) < 4.78 is 0. The third-order valence-corrected chi connectivity index (χ3v) is 5.98. The maximum atomic E-state index is 13.5. The van der Waals surface area contributed by atoms with Gasteiger partial charge in [0.25, 0.3) is 0 Å². The van der Waals surface area contributed by atoms with Crippen molar-refractivity contribution < 1.29 is 14.4 Å². The second-order valence-corrected chi connectivity index (χ2v) is 7.45. The molecule has 0 saturated carbocycles. The van der Waals surface area contributed by atoms with E-state index in [2.05, 4.69) is 0 Å². The molecule has 1 aliphatic carbocycles. The summed E-state index contributed by atoms with van der Waals surface area (Å²) in [6.45, 7) is 5.58. The number of hydrogen-bond donors (Lipinski definition) is 1. The molecule has 0 fully saturated rings. The van der Waals surface area contributed by atoms with Crippen molar-refractivity contribution in [1.82, 2.24) is 9.80 Å². The van der Waals surface area contributed by atoms with Crippen LogP contribution in [0.3, 0.4) is 0 Å². The Kier molecular flexibility index (Phi) is 6.17. The number of carbonyl (C=O) groups is 3. The van der Waals surface area contributed by atoms with Crippen LogP contribution in [0.4, 0.5) is 0 Å². The Morgan fingerprint density at radius 3 is 2.36 bits per heavy atom. The normalized spacial score (nSPS) is 23.8. The quantitative estimate of drug-likeness (QED) is 0.790. The van der Waals surface area contributed by atoms with Crippen molar-refractivity contribution in [1.29, 1.82) is 0 Å². The van der Waals surface area contributed by atoms with Crippen molar-refractivity contribution in [2.24, 2.45) is 17.6 Å². The molecule has 3 rings (SSSR count). The molecule has 3 unspecified atom stereocenters. The van der Waals surface area contributed by atoms with Crippen molar-refractivity contribution in [3.8, 4) is 0 Å². The summed E-state index contributed by atoms with van der Waals surface area (Å²) in [5.41, 5.74) is 7.55. The Morgan fingerprint density at radius 2 is 1.71 bits per heavy atom. The third-order valence-electron chi connectivity index (χ3n) is 5.98. The molecule has 28 heavy (non-hydrogen) atoms. The fraction of sp³-hybridized carbons (Fsp3) is 0.500. The molecule has 1 aromatic rings. The summed E-state index contributed by atoms with van der Waals surface area (Å²) in [5.74, 6) is -1.50. The molecule has 0 saturated heterocycles. The number of fused-ring (bicyclic) bond motifs is 1. The lowest BCUT2D eigenvalue weighted by atomic mass is 9.80. The highest BCUT2D eigenvalue weighted by atomic mass is 16.2. The van der Waals surface area contributed by atoms with E-state index in [-0.39, 0.29) is 17.7 Å². The molecule has 0 bridgehead atoms. The van der Waals surface area contributed by atoms with Gasteiger partial charge in [-0.15, -0.1) is 0 Å². The van der Waals surface area contributed by atoms with Gasteiger partial charge in [0.1, 0.15) is 6.04 Å². The van der Waals surface area contributed by atoms with E-state index in [4.69, 9.17) is 5.73 Å². The molecule has 1 aromatic carbocycles. The fourth-order valence-corrected chi connectivity index (χ4v) is 4.45. The van der Waals surface area contributed by atoms with E-state index in [9.17, 15) is 14.4 Å². The van der Waals surface area contributed by atoms with Gasteiger partial charge in [0, 0.05) is 19.6 Å². The predicted molar refractivity (Wildman–Crippen MR) is 107 cm³/mol. The smallest absolute Gasteiger partial charge is 0.244 e. The number of rotatable bonds is 5. The van der Waals surface area contributed by atoms with Crippen molar-refractivity contribution in [3.63, 3.8) is 0 Å². The van der Waals surface area contributed by atoms with Gasteiger partial charge in [0.2, 0.25) is 17.7 Å². The van der Waals surface area contributed by atoms with Gasteiger partial charge in [-0.25, -0.2) is 0 Å². The fourth-order valence-electron chi connectivity index (χ4n) is 4.45. The standard InChI is InChI=1S/C22H29N3O3/c1-3-24(4-2)21(27)17-11-7-8-12-18(17)22(28)25-14-13-15-9-5-6-10-16(15)19(25)20(23)26/h5-10,17-19H,3-4,11-14H2,1-2H3,(H2,23,26). The molecule has 2 N–H and O–H groups in total. The van der Waals surface area contributed by atoms with Crippen LogP contribution in [0.1, 0.15) is 43.9 Å². The Balaban J connectivity index is 1.90. The SMILES string of the molecule is CCN(CC)C(=O)C1CC=CCC1C(=O)N1CCc2ccccc2C1C(N)=O. The number of nitrogens with zero attached hydrogens (tertiary/aromatic N) is 2. The second-order valence-electron chi connectivity index (χ2n) is 7.45. The van der Waals surface area contributed by atoms with Crippen molar-refractivity contribution in [2.75, 3.05) is 19.6 Å². The number of benzene rings is 1. The van der Waals surface area contributed by atoms with Crippen LogP contribution < -0.4 is 5.73 Å². The molecule has 1 aliphatic heterocycles. The van der Waals surface area contributed by atoms with Crippen LogP contribution in [-0.2, 0) is 20.8 Å². The van der Waals surface area contributed by atoms with Crippen LogP contribution in [0.25, 0.3) is 0 Å². The maximum absolute atomic E-state index is 13.5. The average molecular weight is 383 g/mol. The van der Waals surface area contributed by atoms with Gasteiger partial charge in [0.15, 0.2) is 0 Å². The minimum Gasteiger partial charge on any atom is -0.368 e. The first kappa shape index (κ1) is 20.1. The van der Waals surface area contributed by atoms with E-state index in [1.807, 2.05) is 50.3 Å². The molecule has 3 amide bonds. The zero-order valence-corrected chi connectivity index (χ0v) is 16.6. The molecule has 1 heterocycles. The maximum Gasteiger partial charge on any atom is 0.244 e. The highest BCUT2D eigenvalue weighted by Crippen LogP contribution is 2.35. The number of amides is 3. The first-order valence-electron chi connectivity index (χ1n) is 10.1. The van der Waals surface area contributed by atoms with Crippen molar-refractivity contribution >= 4 is 17.7 Å². The Morgan fingerprint density at radius 1 is 1.07 bits per heavy atom. The number of allylic oxidation sites excluding steroid dienone is 2. The molecule has 0 radical (unpaired) electrons. The number of carbonyl (C=O) groups excluding carboxylic acids is 3. The van der Waals surface area contributed by atoms with Crippen LogP contribution in [0.2, 0.25) is 0 Å². The van der Waals surface area contributed by atoms with Gasteiger partial charge in [-0.3, -0.25) is 14.4 Å². The van der Waals surface area contributed by atoms with Gasteiger partial charge in [-0.2, -0.15) is 0 Å². The third kappa shape index (κ3) is 3.68. The molecule has 6 heteroatoms. The van der Waals surface area contributed by atoms with Crippen LogP contribution >= 0.6 is 0 Å². The van der Waals surface area contributed by atoms with E-state index in [1.54, 1.807) is 9.80 Å². The Hall–Kier alpha value is -2.63. The lowest BCUT2D eigenvalue weighted by Crippen LogP contribution is -2.51. The summed E-state index contributed by atoms with van der Waals surface area (Å²) in [5, 5.41) is 0. The molecular weight excluding hydrogens is 354 g/mol. The van der Waals surface area contributed by atoms with Crippen LogP contribution in [-0.4, -0.2) is 47.2 Å². The number of hydrogen-bond acceptors (Lipinski definition) is 3. The van der Waals surface area contributed by atoms with Crippen molar-refractivity contribution in [3.05, 3.63) is 47.5 Å². The summed E-state index contributed by atoms with van der Waals surface area (Å²) in [4.78, 5) is 42.2. The zero-order valence-electron chi connectivity index (χ0n) is 16.6. The zero-order chi connectivity index (χ0) is 20.3. The average Bonchev–Trinajstić information content (AvgIpc) is 2.73. The first-order valence-corrected chi connectivity index (χ1v) is 10.1. The summed E-state index contributed by atoms with van der Waals surface area (Å²) in [6, 6.07) is 6.86. The lowest BCUT2D eigenvalue weighted by molar-refractivity contribution is -0.150. The highest BCUT2D eigenvalue weighted by Gasteiger charge is 2.42. The van der Waals surface area contributed by atoms with Crippen LogP contribution in [0, 0.1) is 11.8 Å². The molecule has 6 nitrogen and oxygen atoms in total. The van der Waals surface area contributed by atoms with Crippen LogP contribution in [0.5, 0.6) is 0 Å². The first-order chi connectivity index (χ1) is 13.5. The van der Waals surface area contributed by atoms with E-state index in [0.29, 0.717) is 38.9 Å². The molecule has 0 aromatic heterocycles. The summed E-state index contributed by atoms with van der Waals surface area (Å²) in [7, 11) is 0. The van der Waals surface area contributed by atoms with Gasteiger partial charge in [0.05, 0.1) is 11.8 Å². The molecular formula is C22H29N3O3. The van der Waals surface area contributed by atoms with E-state index in [0.717, 1.165) is 11.1 Å². The molecule has 3 atom stereocenters. The minimum absolute atomic E-state index is 0.0146. The monoisotopic (exact) mass is 383 g/mol. The Labute approximate surface area is 166 Å². The highest BCUT2D eigenvalue weighted by molar-refractivity contribution is 5.92. The molecule has 0 spiro atoms. The lowest BCUT2D eigenvalue weighted by Gasteiger charge is -2.40. The van der Waals surface area contributed by atoms with Gasteiger partial charge in [-0.1, -0.05) is 36.4 Å². The summed E-state index contributed by atoms with van der Waals surface area (Å²) in [6.07, 6.45) is 5.69. The number of nitrogens with two attached hydrogens (primary N) is 1. The number of primary amides is 1. The van der Waals surface area contributed by atoms with E-state index >= 15 is 0 Å². The van der Waals surface area contributed by atoms with Gasteiger partial charge in [-0.05, 0) is 44.2 Å². The molecule has 150 valence electrons. The van der Waals surface area contributed by atoms with E-state index in [1.165, 1.54) is 0 Å². The van der Waals surface area contributed by atoms with Gasteiger partial charge >= 0.3 is 0 Å². The Bertz CT molecular complexity index is 785. The second kappa shape index (κ2) is 8.59. The minimum atomic E-state index is -0.771. The summed E-state index contributed by atoms with van der Waals surface area (Å²) >= 11 is 0. The topological polar surface area (TPSA) is 83.7 Å². The van der Waals surface area contributed by atoms with Gasteiger partial charge < -0.3 is 15.5 Å².